The highest BCUT2D eigenvalue weighted by Gasteiger charge is 2.36. The van der Waals surface area contributed by atoms with E-state index < -0.39 is 10.0 Å². The predicted octanol–water partition coefficient (Wildman–Crippen LogP) is 0.981. The van der Waals surface area contributed by atoms with E-state index in [1.807, 2.05) is 0 Å². The molecule has 1 aromatic heterocycles. The first-order valence-corrected chi connectivity index (χ1v) is 9.41. The van der Waals surface area contributed by atoms with Crippen molar-refractivity contribution < 1.29 is 8.42 Å². The van der Waals surface area contributed by atoms with Crippen LogP contribution in [0.25, 0.3) is 0 Å². The smallest absolute Gasteiger partial charge is 0.246 e. The number of aromatic nitrogens is 2. The molecule has 0 spiro atoms. The quantitative estimate of drug-likeness (QED) is 0.754. The van der Waals surface area contributed by atoms with Crippen molar-refractivity contribution in [3.05, 3.63) is 12.4 Å². The second-order valence-electron chi connectivity index (χ2n) is 5.68. The first-order chi connectivity index (χ1) is 10.1. The first kappa shape index (κ1) is 15.3. The van der Waals surface area contributed by atoms with E-state index >= 15 is 0 Å². The van der Waals surface area contributed by atoms with Crippen LogP contribution in [0.3, 0.4) is 0 Å². The third-order valence-corrected chi connectivity index (χ3v) is 6.40. The van der Waals surface area contributed by atoms with Gasteiger partial charge in [0.25, 0.3) is 0 Å². The number of aryl methyl sites for hydroxylation is 1. The summed E-state index contributed by atoms with van der Waals surface area (Å²) in [5.74, 6) is 0.547. The Balaban J connectivity index is 1.72. The normalized spacial score (nSPS) is 24.3. The summed E-state index contributed by atoms with van der Waals surface area (Å²) in [5, 5.41) is 4.12. The molecule has 3 rings (SSSR count). The molecule has 0 bridgehead atoms. The zero-order valence-electron chi connectivity index (χ0n) is 12.0. The van der Waals surface area contributed by atoms with Crippen molar-refractivity contribution in [3.63, 3.8) is 0 Å². The van der Waals surface area contributed by atoms with Crippen molar-refractivity contribution in [2.75, 3.05) is 32.1 Å². The SMILES string of the molecule is O=S(=O)(c1cnn(CCCCl)c1)N1CCN2CCCC2C1. The van der Waals surface area contributed by atoms with E-state index in [1.54, 1.807) is 15.2 Å². The molecule has 0 N–H and O–H groups in total. The van der Waals surface area contributed by atoms with Crippen LogP contribution in [0.1, 0.15) is 19.3 Å². The van der Waals surface area contributed by atoms with Gasteiger partial charge in [0, 0.05) is 44.3 Å². The van der Waals surface area contributed by atoms with Crippen molar-refractivity contribution in [2.24, 2.45) is 0 Å². The fourth-order valence-corrected chi connectivity index (χ4v) is 4.70. The van der Waals surface area contributed by atoms with Crippen LogP contribution in [-0.2, 0) is 16.6 Å². The Morgan fingerprint density at radius 3 is 3.00 bits per heavy atom. The molecule has 1 aromatic rings. The van der Waals surface area contributed by atoms with Crippen LogP contribution >= 0.6 is 11.6 Å². The fourth-order valence-electron chi connectivity index (χ4n) is 3.15. The lowest BCUT2D eigenvalue weighted by molar-refractivity contribution is 0.158. The van der Waals surface area contributed by atoms with E-state index in [0.717, 1.165) is 25.9 Å². The van der Waals surface area contributed by atoms with Gasteiger partial charge >= 0.3 is 0 Å². The summed E-state index contributed by atoms with van der Waals surface area (Å²) >= 11 is 5.65. The molecule has 0 aliphatic carbocycles. The molecule has 2 saturated heterocycles. The van der Waals surface area contributed by atoms with Crippen molar-refractivity contribution in [1.82, 2.24) is 19.0 Å². The molecule has 0 amide bonds. The lowest BCUT2D eigenvalue weighted by Crippen LogP contribution is -2.51. The molecule has 2 aliphatic heterocycles. The summed E-state index contributed by atoms with van der Waals surface area (Å²) in [6.45, 7) is 3.77. The largest absolute Gasteiger partial charge is 0.298 e. The van der Waals surface area contributed by atoms with E-state index in [2.05, 4.69) is 10.00 Å². The van der Waals surface area contributed by atoms with Crippen LogP contribution in [0.15, 0.2) is 17.3 Å². The zero-order chi connectivity index (χ0) is 14.9. The van der Waals surface area contributed by atoms with E-state index in [0.29, 0.717) is 36.5 Å². The lowest BCUT2D eigenvalue weighted by Gasteiger charge is -2.36. The maximum atomic E-state index is 12.7. The number of rotatable bonds is 5. The molecule has 3 heterocycles. The molecule has 2 aliphatic rings. The zero-order valence-corrected chi connectivity index (χ0v) is 13.6. The third kappa shape index (κ3) is 3.11. The fraction of sp³-hybridized carbons (Fsp3) is 0.769. The number of fused-ring (bicyclic) bond motifs is 1. The van der Waals surface area contributed by atoms with Gasteiger partial charge in [-0.15, -0.1) is 11.6 Å². The molecular formula is C13H21ClN4O2S. The van der Waals surface area contributed by atoms with Gasteiger partial charge in [0.15, 0.2) is 0 Å². The Hall–Kier alpha value is -0.630. The van der Waals surface area contributed by atoms with Gasteiger partial charge in [-0.3, -0.25) is 9.58 Å². The van der Waals surface area contributed by atoms with E-state index in [-0.39, 0.29) is 0 Å². The number of piperazine rings is 1. The molecule has 6 nitrogen and oxygen atoms in total. The molecule has 118 valence electrons. The standard InChI is InChI=1S/C13H21ClN4O2S/c14-4-2-6-17-11-13(9-15-17)21(19,20)18-8-7-16-5-1-3-12(16)10-18/h9,11-12H,1-8,10H2. The molecule has 0 aromatic carbocycles. The second-order valence-corrected chi connectivity index (χ2v) is 7.99. The lowest BCUT2D eigenvalue weighted by atomic mass is 10.2. The Morgan fingerprint density at radius 1 is 1.33 bits per heavy atom. The van der Waals surface area contributed by atoms with Crippen molar-refractivity contribution >= 4 is 21.6 Å². The maximum absolute atomic E-state index is 12.7. The van der Waals surface area contributed by atoms with Crippen LogP contribution in [0.2, 0.25) is 0 Å². The van der Waals surface area contributed by atoms with Gasteiger partial charge in [-0.05, 0) is 25.8 Å². The van der Waals surface area contributed by atoms with Gasteiger partial charge in [-0.25, -0.2) is 8.42 Å². The minimum Gasteiger partial charge on any atom is -0.298 e. The van der Waals surface area contributed by atoms with Crippen LogP contribution in [-0.4, -0.2) is 65.5 Å². The summed E-state index contributed by atoms with van der Waals surface area (Å²) in [6, 6.07) is 0.389. The molecule has 21 heavy (non-hydrogen) atoms. The van der Waals surface area contributed by atoms with Gasteiger partial charge in [-0.2, -0.15) is 9.40 Å². The van der Waals surface area contributed by atoms with Crippen LogP contribution < -0.4 is 0 Å². The highest BCUT2D eigenvalue weighted by Crippen LogP contribution is 2.25. The van der Waals surface area contributed by atoms with Crippen LogP contribution in [0.5, 0.6) is 0 Å². The maximum Gasteiger partial charge on any atom is 0.246 e. The Kier molecular flexibility index (Phi) is 4.54. The van der Waals surface area contributed by atoms with Gasteiger partial charge in [0.1, 0.15) is 4.90 Å². The number of alkyl halides is 1. The van der Waals surface area contributed by atoms with Gasteiger partial charge < -0.3 is 0 Å². The molecule has 1 unspecified atom stereocenters. The van der Waals surface area contributed by atoms with Crippen molar-refractivity contribution in [1.29, 1.82) is 0 Å². The van der Waals surface area contributed by atoms with Crippen molar-refractivity contribution in [3.8, 4) is 0 Å². The molecule has 2 fully saturated rings. The molecule has 0 saturated carbocycles. The van der Waals surface area contributed by atoms with Crippen LogP contribution in [0, 0.1) is 0 Å². The predicted molar refractivity (Wildman–Crippen MR) is 80.9 cm³/mol. The summed E-state index contributed by atoms with van der Waals surface area (Å²) in [7, 11) is -3.41. The molecule has 8 heteroatoms. The Labute approximate surface area is 130 Å². The Bertz CT molecular complexity index is 589. The van der Waals surface area contributed by atoms with E-state index in [4.69, 9.17) is 11.6 Å². The second kappa shape index (κ2) is 6.24. The number of sulfonamides is 1. The highest BCUT2D eigenvalue weighted by molar-refractivity contribution is 7.89. The number of nitrogens with zero attached hydrogens (tertiary/aromatic N) is 4. The minimum absolute atomic E-state index is 0.295. The number of hydrogen-bond donors (Lipinski definition) is 0. The topological polar surface area (TPSA) is 58.4 Å². The summed E-state index contributed by atoms with van der Waals surface area (Å²) in [4.78, 5) is 2.69. The summed E-state index contributed by atoms with van der Waals surface area (Å²) in [5.41, 5.74) is 0. The van der Waals surface area contributed by atoms with Gasteiger partial charge in [0.2, 0.25) is 10.0 Å². The minimum atomic E-state index is -3.41. The number of halogens is 1. The van der Waals surface area contributed by atoms with Crippen molar-refractivity contribution in [2.45, 2.75) is 36.7 Å². The molecule has 1 atom stereocenters. The molecular weight excluding hydrogens is 312 g/mol. The monoisotopic (exact) mass is 332 g/mol. The third-order valence-electron chi connectivity index (χ3n) is 4.32. The first-order valence-electron chi connectivity index (χ1n) is 7.44. The molecule has 0 radical (unpaired) electrons. The van der Waals surface area contributed by atoms with Crippen LogP contribution in [0.4, 0.5) is 0 Å². The van der Waals surface area contributed by atoms with Gasteiger partial charge in [-0.1, -0.05) is 0 Å². The summed E-state index contributed by atoms with van der Waals surface area (Å²) < 4.78 is 28.6. The Morgan fingerprint density at radius 2 is 2.19 bits per heavy atom. The average molecular weight is 333 g/mol. The average Bonchev–Trinajstić information content (AvgIpc) is 3.13. The highest BCUT2D eigenvalue weighted by atomic mass is 35.5. The summed E-state index contributed by atoms with van der Waals surface area (Å²) in [6.07, 6.45) is 6.12. The van der Waals surface area contributed by atoms with E-state index in [1.165, 1.54) is 12.6 Å². The van der Waals surface area contributed by atoms with Gasteiger partial charge in [0.05, 0.1) is 6.20 Å². The van der Waals surface area contributed by atoms with E-state index in [9.17, 15) is 8.42 Å². The number of hydrogen-bond acceptors (Lipinski definition) is 4.